The molecule has 0 radical (unpaired) electrons. The number of nitrogens with one attached hydrogen (secondary N) is 1. The van der Waals surface area contributed by atoms with Crippen molar-refractivity contribution in [2.45, 2.75) is 6.42 Å². The lowest BCUT2D eigenvalue weighted by molar-refractivity contribution is 0.0954. The number of halogens is 1. The molecule has 1 amide bonds. The first-order valence-corrected chi connectivity index (χ1v) is 7.71. The number of benzene rings is 1. The fraction of sp³-hybridized carbons (Fsp3) is 0.154. The summed E-state index contributed by atoms with van der Waals surface area (Å²) < 4.78 is 2.70. The Morgan fingerprint density at radius 2 is 2.35 bits per heavy atom. The van der Waals surface area contributed by atoms with Gasteiger partial charge in [0.2, 0.25) is 4.96 Å². The Balaban J connectivity index is 1.60. The van der Waals surface area contributed by atoms with E-state index in [-0.39, 0.29) is 5.91 Å². The number of carbonyl (C=O) groups is 1. The van der Waals surface area contributed by atoms with Gasteiger partial charge in [-0.3, -0.25) is 4.79 Å². The molecule has 0 saturated carbocycles. The summed E-state index contributed by atoms with van der Waals surface area (Å²) in [5.74, 6) is -0.0728. The molecule has 2 heterocycles. The van der Waals surface area contributed by atoms with Gasteiger partial charge in [-0.05, 0) is 18.2 Å². The summed E-state index contributed by atoms with van der Waals surface area (Å²) in [6.07, 6.45) is 2.26. The number of hydrogen-bond acceptors (Lipinski definition) is 4. The average Bonchev–Trinajstić information content (AvgIpc) is 3.03. The zero-order valence-electron chi connectivity index (χ0n) is 10.4. The molecule has 0 fully saturated rings. The molecule has 1 aromatic carbocycles. The van der Waals surface area contributed by atoms with E-state index in [1.54, 1.807) is 28.0 Å². The van der Waals surface area contributed by atoms with E-state index in [1.165, 1.54) is 6.33 Å². The van der Waals surface area contributed by atoms with Crippen LogP contribution in [-0.4, -0.2) is 27.0 Å². The molecule has 0 aliphatic carbocycles. The van der Waals surface area contributed by atoms with Crippen LogP contribution in [0.4, 0.5) is 0 Å². The third kappa shape index (κ3) is 2.73. The maximum atomic E-state index is 12.0. The van der Waals surface area contributed by atoms with Gasteiger partial charge in [0.15, 0.2) is 0 Å². The number of thiazole rings is 1. The van der Waals surface area contributed by atoms with Crippen molar-refractivity contribution in [2.24, 2.45) is 0 Å². The Hall–Kier alpha value is -1.73. The van der Waals surface area contributed by atoms with Crippen LogP contribution in [0.25, 0.3) is 4.96 Å². The molecule has 0 aliphatic heterocycles. The van der Waals surface area contributed by atoms with Crippen LogP contribution in [0, 0.1) is 0 Å². The van der Waals surface area contributed by atoms with Gasteiger partial charge >= 0.3 is 0 Å². The molecule has 0 spiro atoms. The van der Waals surface area contributed by atoms with Gasteiger partial charge in [0, 0.05) is 28.4 Å². The van der Waals surface area contributed by atoms with Crippen molar-refractivity contribution >= 4 is 38.1 Å². The molecule has 3 aromatic rings. The zero-order chi connectivity index (χ0) is 13.9. The fourth-order valence-electron chi connectivity index (χ4n) is 1.88. The van der Waals surface area contributed by atoms with Gasteiger partial charge in [0.05, 0.1) is 5.69 Å². The van der Waals surface area contributed by atoms with Gasteiger partial charge in [0.1, 0.15) is 6.33 Å². The van der Waals surface area contributed by atoms with Crippen LogP contribution in [0.3, 0.4) is 0 Å². The van der Waals surface area contributed by atoms with Crippen molar-refractivity contribution in [3.63, 3.8) is 0 Å². The lowest BCUT2D eigenvalue weighted by atomic mass is 10.2. The Labute approximate surface area is 127 Å². The molecule has 7 heteroatoms. The molecule has 1 N–H and O–H groups in total. The molecule has 20 heavy (non-hydrogen) atoms. The highest BCUT2D eigenvalue weighted by Crippen LogP contribution is 2.13. The molecule has 2 aromatic heterocycles. The van der Waals surface area contributed by atoms with Gasteiger partial charge in [-0.25, -0.2) is 9.50 Å². The van der Waals surface area contributed by atoms with E-state index in [2.05, 4.69) is 31.3 Å². The van der Waals surface area contributed by atoms with E-state index in [9.17, 15) is 4.79 Å². The summed E-state index contributed by atoms with van der Waals surface area (Å²) in [6, 6.07) is 7.33. The molecule has 0 bridgehead atoms. The fourth-order valence-corrected chi connectivity index (χ4v) is 3.11. The summed E-state index contributed by atoms with van der Waals surface area (Å²) >= 11 is 4.90. The van der Waals surface area contributed by atoms with Crippen LogP contribution >= 0.6 is 27.3 Å². The monoisotopic (exact) mass is 350 g/mol. The summed E-state index contributed by atoms with van der Waals surface area (Å²) in [5, 5.41) is 9.06. The van der Waals surface area contributed by atoms with Crippen molar-refractivity contribution in [3.8, 4) is 0 Å². The number of fused-ring (bicyclic) bond motifs is 1. The molecule has 0 saturated heterocycles. The molecule has 0 unspecified atom stereocenters. The van der Waals surface area contributed by atoms with Crippen LogP contribution in [0.5, 0.6) is 0 Å². The largest absolute Gasteiger partial charge is 0.352 e. The van der Waals surface area contributed by atoms with E-state index in [4.69, 9.17) is 0 Å². The Morgan fingerprint density at radius 3 is 3.20 bits per heavy atom. The van der Waals surface area contributed by atoms with Crippen molar-refractivity contribution in [1.29, 1.82) is 0 Å². The second-order valence-corrected chi connectivity index (χ2v) is 5.95. The van der Waals surface area contributed by atoms with Crippen LogP contribution in [0.2, 0.25) is 0 Å². The molecular formula is C13H11BrN4OS. The van der Waals surface area contributed by atoms with E-state index < -0.39 is 0 Å². The topological polar surface area (TPSA) is 59.3 Å². The Kier molecular flexibility index (Phi) is 3.79. The average molecular weight is 351 g/mol. The molecular weight excluding hydrogens is 340 g/mol. The first-order valence-electron chi connectivity index (χ1n) is 6.04. The number of rotatable bonds is 4. The van der Waals surface area contributed by atoms with Crippen LogP contribution < -0.4 is 5.32 Å². The molecule has 5 nitrogen and oxygen atoms in total. The predicted octanol–water partition coefficient (Wildman–Crippen LogP) is 2.53. The second kappa shape index (κ2) is 5.72. The van der Waals surface area contributed by atoms with Gasteiger partial charge in [-0.15, -0.1) is 11.3 Å². The van der Waals surface area contributed by atoms with E-state index >= 15 is 0 Å². The Bertz CT molecular complexity index is 752. The van der Waals surface area contributed by atoms with Crippen LogP contribution in [0.15, 0.2) is 40.4 Å². The first kappa shape index (κ1) is 13.3. The highest BCUT2D eigenvalue weighted by molar-refractivity contribution is 9.10. The zero-order valence-corrected chi connectivity index (χ0v) is 12.8. The standard InChI is InChI=1S/C13H11BrN4OS/c14-10-3-1-2-9(6-10)12(19)15-5-4-11-7-20-13-16-8-17-18(11)13/h1-3,6-8H,4-5H2,(H,15,19). The lowest BCUT2D eigenvalue weighted by Crippen LogP contribution is -2.26. The molecule has 3 rings (SSSR count). The predicted molar refractivity (Wildman–Crippen MR) is 81.0 cm³/mol. The quantitative estimate of drug-likeness (QED) is 0.786. The number of hydrogen-bond donors (Lipinski definition) is 1. The number of nitrogens with zero attached hydrogens (tertiary/aromatic N) is 3. The van der Waals surface area contributed by atoms with Crippen molar-refractivity contribution in [1.82, 2.24) is 19.9 Å². The van der Waals surface area contributed by atoms with E-state index in [0.29, 0.717) is 12.1 Å². The van der Waals surface area contributed by atoms with Crippen LogP contribution in [-0.2, 0) is 6.42 Å². The minimum Gasteiger partial charge on any atom is -0.352 e. The SMILES string of the molecule is O=C(NCCc1csc2ncnn12)c1cccc(Br)c1. The van der Waals surface area contributed by atoms with Gasteiger partial charge < -0.3 is 5.32 Å². The van der Waals surface area contributed by atoms with E-state index in [1.807, 2.05) is 17.5 Å². The summed E-state index contributed by atoms with van der Waals surface area (Å²) in [6.45, 7) is 0.567. The highest BCUT2D eigenvalue weighted by Gasteiger charge is 2.08. The Morgan fingerprint density at radius 1 is 1.45 bits per heavy atom. The summed E-state index contributed by atoms with van der Waals surface area (Å²) in [5.41, 5.74) is 1.70. The van der Waals surface area contributed by atoms with Gasteiger partial charge in [-0.1, -0.05) is 22.0 Å². The minimum atomic E-state index is -0.0728. The maximum Gasteiger partial charge on any atom is 0.251 e. The van der Waals surface area contributed by atoms with Crippen LogP contribution in [0.1, 0.15) is 16.1 Å². The van der Waals surface area contributed by atoms with Gasteiger partial charge in [-0.2, -0.15) is 5.10 Å². The first-order chi connectivity index (χ1) is 9.74. The second-order valence-electron chi connectivity index (χ2n) is 4.20. The molecule has 102 valence electrons. The smallest absolute Gasteiger partial charge is 0.251 e. The third-order valence-electron chi connectivity index (χ3n) is 2.84. The van der Waals surface area contributed by atoms with Crippen molar-refractivity contribution < 1.29 is 4.79 Å². The normalized spacial score (nSPS) is 10.8. The lowest BCUT2D eigenvalue weighted by Gasteiger charge is -2.05. The third-order valence-corrected chi connectivity index (χ3v) is 4.21. The summed E-state index contributed by atoms with van der Waals surface area (Å²) in [7, 11) is 0. The molecule has 0 aliphatic rings. The van der Waals surface area contributed by atoms with E-state index in [0.717, 1.165) is 21.5 Å². The number of amides is 1. The van der Waals surface area contributed by atoms with Crippen molar-refractivity contribution in [2.75, 3.05) is 6.54 Å². The summed E-state index contributed by atoms with van der Waals surface area (Å²) in [4.78, 5) is 17.0. The highest BCUT2D eigenvalue weighted by atomic mass is 79.9. The number of carbonyl (C=O) groups excluding carboxylic acids is 1. The number of aromatic nitrogens is 3. The molecule has 0 atom stereocenters. The van der Waals surface area contributed by atoms with Gasteiger partial charge in [0.25, 0.3) is 5.91 Å². The van der Waals surface area contributed by atoms with Crippen molar-refractivity contribution in [3.05, 3.63) is 51.7 Å². The minimum absolute atomic E-state index is 0.0728. The maximum absolute atomic E-state index is 12.0.